The van der Waals surface area contributed by atoms with Crippen molar-refractivity contribution >= 4 is 17.8 Å². The molecule has 0 saturated carbocycles. The number of carbonyl (C=O) groups excluding carboxylic acids is 1. The standard InChI is InChI=1S/C23H19N5O5/c1-15-8-10-21(33-15)22-16(14-27(26-22)17-6-4-3-5-7-17)13-24-25-23(29)19-12-18(28(30)31)9-11-20(19)32-2/h3-14H,1-2H3,(H,25,29)/b24-13-. The molecule has 0 unspecified atom stereocenters. The summed E-state index contributed by atoms with van der Waals surface area (Å²) >= 11 is 0. The molecule has 0 fully saturated rings. The van der Waals surface area contributed by atoms with Gasteiger partial charge in [-0.3, -0.25) is 14.9 Å². The van der Waals surface area contributed by atoms with Gasteiger partial charge < -0.3 is 9.15 Å². The number of nitro groups is 1. The van der Waals surface area contributed by atoms with Gasteiger partial charge in [-0.2, -0.15) is 10.2 Å². The molecular formula is C23H19N5O5. The van der Waals surface area contributed by atoms with Crippen molar-refractivity contribution in [2.45, 2.75) is 6.92 Å². The van der Waals surface area contributed by atoms with Gasteiger partial charge in [-0.1, -0.05) is 18.2 Å². The molecule has 10 nitrogen and oxygen atoms in total. The molecule has 0 atom stereocenters. The SMILES string of the molecule is COc1ccc([N+](=O)[O-])cc1C(=O)N/N=C\c1cn(-c2ccccc2)nc1-c1ccc(C)o1. The van der Waals surface area contributed by atoms with E-state index in [0.29, 0.717) is 17.0 Å². The normalized spacial score (nSPS) is 11.0. The summed E-state index contributed by atoms with van der Waals surface area (Å²) < 4.78 is 12.5. The number of hydrazone groups is 1. The van der Waals surface area contributed by atoms with Crippen molar-refractivity contribution in [1.82, 2.24) is 15.2 Å². The van der Waals surface area contributed by atoms with E-state index in [4.69, 9.17) is 9.15 Å². The van der Waals surface area contributed by atoms with Crippen LogP contribution >= 0.6 is 0 Å². The molecule has 0 saturated heterocycles. The number of aryl methyl sites for hydroxylation is 1. The Labute approximate surface area is 188 Å². The van der Waals surface area contributed by atoms with Gasteiger partial charge in [-0.05, 0) is 37.3 Å². The zero-order valence-electron chi connectivity index (χ0n) is 17.8. The second kappa shape index (κ2) is 9.18. The number of carbonyl (C=O) groups is 1. The van der Waals surface area contributed by atoms with Crippen LogP contribution in [0, 0.1) is 17.0 Å². The van der Waals surface area contributed by atoms with Gasteiger partial charge in [0.2, 0.25) is 0 Å². The molecule has 0 aliphatic heterocycles. The minimum atomic E-state index is -0.655. The molecule has 0 aliphatic carbocycles. The lowest BCUT2D eigenvalue weighted by Crippen LogP contribution is -2.18. The third-order valence-corrected chi connectivity index (χ3v) is 4.75. The maximum absolute atomic E-state index is 12.6. The number of methoxy groups -OCH3 is 1. The number of non-ortho nitro benzene ring substituents is 1. The first-order valence-corrected chi connectivity index (χ1v) is 9.84. The Balaban J connectivity index is 1.63. The summed E-state index contributed by atoms with van der Waals surface area (Å²) in [4.78, 5) is 23.1. The Morgan fingerprint density at radius 1 is 1.21 bits per heavy atom. The second-order valence-electron chi connectivity index (χ2n) is 6.96. The first-order valence-electron chi connectivity index (χ1n) is 9.84. The van der Waals surface area contributed by atoms with E-state index >= 15 is 0 Å². The molecule has 0 bridgehead atoms. The first-order chi connectivity index (χ1) is 16.0. The molecule has 4 aromatic rings. The van der Waals surface area contributed by atoms with Crippen molar-refractivity contribution in [2.75, 3.05) is 7.11 Å². The Bertz CT molecular complexity index is 1340. The largest absolute Gasteiger partial charge is 0.496 e. The molecule has 1 N–H and O–H groups in total. The Morgan fingerprint density at radius 3 is 2.67 bits per heavy atom. The number of nitrogens with one attached hydrogen (secondary N) is 1. The number of amides is 1. The van der Waals surface area contributed by atoms with Crippen LogP contribution in [-0.2, 0) is 0 Å². The average Bonchev–Trinajstić information content (AvgIpc) is 3.45. The van der Waals surface area contributed by atoms with Crippen LogP contribution in [0.5, 0.6) is 5.75 Å². The van der Waals surface area contributed by atoms with Crippen LogP contribution in [0.3, 0.4) is 0 Å². The number of ether oxygens (including phenoxy) is 1. The fourth-order valence-electron chi connectivity index (χ4n) is 3.16. The molecule has 166 valence electrons. The highest BCUT2D eigenvalue weighted by atomic mass is 16.6. The molecule has 0 radical (unpaired) electrons. The van der Waals surface area contributed by atoms with Crippen molar-refractivity contribution in [3.05, 3.63) is 93.9 Å². The van der Waals surface area contributed by atoms with Crippen molar-refractivity contribution < 1.29 is 18.9 Å². The highest BCUT2D eigenvalue weighted by molar-refractivity contribution is 5.98. The average molecular weight is 445 g/mol. The number of benzene rings is 2. The molecule has 0 spiro atoms. The molecule has 10 heteroatoms. The van der Waals surface area contributed by atoms with E-state index in [0.717, 1.165) is 17.5 Å². The van der Waals surface area contributed by atoms with E-state index in [1.807, 2.05) is 43.3 Å². The minimum Gasteiger partial charge on any atom is -0.496 e. The molecule has 1 amide bonds. The van der Waals surface area contributed by atoms with E-state index in [2.05, 4.69) is 15.6 Å². The third kappa shape index (κ3) is 4.64. The van der Waals surface area contributed by atoms with Gasteiger partial charge in [0.1, 0.15) is 17.2 Å². The quantitative estimate of drug-likeness (QED) is 0.259. The monoisotopic (exact) mass is 445 g/mol. The van der Waals surface area contributed by atoms with Crippen molar-refractivity contribution in [2.24, 2.45) is 5.10 Å². The van der Waals surface area contributed by atoms with Crippen molar-refractivity contribution in [3.63, 3.8) is 0 Å². The smallest absolute Gasteiger partial charge is 0.275 e. The molecule has 0 aliphatic rings. The number of hydrogen-bond donors (Lipinski definition) is 1. The molecule has 2 aromatic carbocycles. The fraction of sp³-hybridized carbons (Fsp3) is 0.0870. The van der Waals surface area contributed by atoms with E-state index < -0.39 is 10.8 Å². The van der Waals surface area contributed by atoms with Gasteiger partial charge in [-0.15, -0.1) is 0 Å². The van der Waals surface area contributed by atoms with Gasteiger partial charge >= 0.3 is 0 Å². The van der Waals surface area contributed by atoms with Gasteiger partial charge in [0, 0.05) is 23.9 Å². The topological polar surface area (TPSA) is 125 Å². The van der Waals surface area contributed by atoms with E-state index in [1.165, 1.54) is 25.5 Å². The van der Waals surface area contributed by atoms with Gasteiger partial charge in [-0.25, -0.2) is 10.1 Å². The van der Waals surface area contributed by atoms with E-state index in [1.54, 1.807) is 16.9 Å². The maximum atomic E-state index is 12.6. The van der Waals surface area contributed by atoms with Crippen LogP contribution in [0.25, 0.3) is 17.1 Å². The maximum Gasteiger partial charge on any atom is 0.275 e. The lowest BCUT2D eigenvalue weighted by molar-refractivity contribution is -0.384. The van der Waals surface area contributed by atoms with E-state index in [-0.39, 0.29) is 17.0 Å². The van der Waals surface area contributed by atoms with Gasteiger partial charge in [0.05, 0.1) is 29.5 Å². The van der Waals surface area contributed by atoms with Crippen LogP contribution in [0.1, 0.15) is 21.7 Å². The molecule has 2 aromatic heterocycles. The van der Waals surface area contributed by atoms with Gasteiger partial charge in [0.15, 0.2) is 5.76 Å². The zero-order chi connectivity index (χ0) is 23.4. The number of rotatable bonds is 7. The van der Waals surface area contributed by atoms with Crippen LogP contribution in [0.15, 0.2) is 76.4 Å². The van der Waals surface area contributed by atoms with Crippen LogP contribution in [-0.4, -0.2) is 33.9 Å². The van der Waals surface area contributed by atoms with Crippen LogP contribution in [0.2, 0.25) is 0 Å². The molecule has 2 heterocycles. The highest BCUT2D eigenvalue weighted by Crippen LogP contribution is 2.25. The Hall–Kier alpha value is -4.73. The number of hydrogen-bond acceptors (Lipinski definition) is 7. The van der Waals surface area contributed by atoms with Crippen molar-refractivity contribution in [1.29, 1.82) is 0 Å². The second-order valence-corrected chi connectivity index (χ2v) is 6.96. The Kier molecular flexibility index (Phi) is 5.98. The molecule has 4 rings (SSSR count). The van der Waals surface area contributed by atoms with Crippen molar-refractivity contribution in [3.8, 4) is 22.9 Å². The summed E-state index contributed by atoms with van der Waals surface area (Å²) in [5.74, 6) is 0.818. The summed E-state index contributed by atoms with van der Waals surface area (Å²) in [6, 6.07) is 16.9. The zero-order valence-corrected chi connectivity index (χ0v) is 17.8. The Morgan fingerprint density at radius 2 is 2.00 bits per heavy atom. The summed E-state index contributed by atoms with van der Waals surface area (Å²) in [6.45, 7) is 1.83. The lowest BCUT2D eigenvalue weighted by atomic mass is 10.1. The fourth-order valence-corrected chi connectivity index (χ4v) is 3.16. The van der Waals surface area contributed by atoms with E-state index in [9.17, 15) is 14.9 Å². The summed E-state index contributed by atoms with van der Waals surface area (Å²) in [6.07, 6.45) is 3.19. The predicted octanol–water partition coefficient (Wildman–Crippen LogP) is 4.12. The molecular weight excluding hydrogens is 426 g/mol. The predicted molar refractivity (Wildman–Crippen MR) is 121 cm³/mol. The van der Waals surface area contributed by atoms with Crippen LogP contribution < -0.4 is 10.2 Å². The number of furan rings is 1. The number of nitrogens with zero attached hydrogens (tertiary/aromatic N) is 4. The third-order valence-electron chi connectivity index (χ3n) is 4.75. The number of para-hydroxylation sites is 1. The van der Waals surface area contributed by atoms with Gasteiger partial charge in [0.25, 0.3) is 11.6 Å². The van der Waals surface area contributed by atoms with Crippen LogP contribution in [0.4, 0.5) is 5.69 Å². The minimum absolute atomic E-state index is 0.00860. The number of nitro benzene ring substituents is 1. The summed E-state index contributed by atoms with van der Waals surface area (Å²) in [5.41, 5.74) is 4.12. The summed E-state index contributed by atoms with van der Waals surface area (Å²) in [7, 11) is 1.37. The lowest BCUT2D eigenvalue weighted by Gasteiger charge is -2.06. The first kappa shape index (κ1) is 21.5. The highest BCUT2D eigenvalue weighted by Gasteiger charge is 2.18. The molecule has 33 heavy (non-hydrogen) atoms. The summed E-state index contributed by atoms with van der Waals surface area (Å²) in [5, 5.41) is 19.7. The number of aromatic nitrogens is 2.